The van der Waals surface area contributed by atoms with E-state index in [1.807, 2.05) is 0 Å². The summed E-state index contributed by atoms with van der Waals surface area (Å²) in [6.07, 6.45) is -3.98. The van der Waals surface area contributed by atoms with Crippen LogP contribution in [-0.4, -0.2) is 38.3 Å². The molecule has 6 nitrogen and oxygen atoms in total. The molecule has 2 rings (SSSR count). The Hall–Kier alpha value is -1.97. The van der Waals surface area contributed by atoms with Crippen LogP contribution < -0.4 is 5.32 Å². The fourth-order valence-corrected chi connectivity index (χ4v) is 2.83. The van der Waals surface area contributed by atoms with E-state index in [1.54, 1.807) is 0 Å². The van der Waals surface area contributed by atoms with Crippen molar-refractivity contribution in [1.82, 2.24) is 5.32 Å². The Labute approximate surface area is 137 Å². The van der Waals surface area contributed by atoms with Crippen LogP contribution in [0, 0.1) is 0 Å². The highest BCUT2D eigenvalue weighted by Crippen LogP contribution is 2.36. The summed E-state index contributed by atoms with van der Waals surface area (Å²) < 4.78 is 60.6. The third kappa shape index (κ3) is 4.11. The van der Waals surface area contributed by atoms with Crippen LogP contribution >= 0.6 is 0 Å². The van der Waals surface area contributed by atoms with Gasteiger partial charge in [0.05, 0.1) is 4.90 Å². The number of hydrogen-bond donors (Lipinski definition) is 1. The number of carbonyl (C=O) groups is 1. The number of carbonyl (C=O) groups excluding carboxylic acids is 1. The molecule has 0 aromatic heterocycles. The molecule has 1 aromatic rings. The zero-order chi connectivity index (χ0) is 18.2. The van der Waals surface area contributed by atoms with E-state index >= 15 is 0 Å². The third-order valence-corrected chi connectivity index (χ3v) is 4.81. The zero-order valence-corrected chi connectivity index (χ0v) is 13.8. The highest BCUT2D eigenvalue weighted by atomic mass is 32.2. The topological polar surface area (TPSA) is 88.0 Å². The van der Waals surface area contributed by atoms with Crippen molar-refractivity contribution in [2.24, 2.45) is 10.2 Å². The minimum absolute atomic E-state index is 0.0463. The lowest BCUT2D eigenvalue weighted by Crippen LogP contribution is -2.43. The van der Waals surface area contributed by atoms with Gasteiger partial charge in [0, 0.05) is 19.2 Å². The van der Waals surface area contributed by atoms with Crippen LogP contribution in [0.5, 0.6) is 0 Å². The molecule has 2 atom stereocenters. The maximum atomic E-state index is 12.6. The van der Waals surface area contributed by atoms with Gasteiger partial charge in [-0.05, 0) is 24.6 Å². The maximum absolute atomic E-state index is 12.6. The van der Waals surface area contributed by atoms with Crippen molar-refractivity contribution in [3.63, 3.8) is 0 Å². The molecule has 2 unspecified atom stereocenters. The Kier molecular flexibility index (Phi) is 4.71. The summed E-state index contributed by atoms with van der Waals surface area (Å²) in [6, 6.07) is 3.87. The van der Waals surface area contributed by atoms with Gasteiger partial charge >= 0.3 is 6.18 Å². The van der Waals surface area contributed by atoms with Gasteiger partial charge in [-0.3, -0.25) is 4.79 Å². The SMILES string of the molecule is CC1(C(=O)NCc2ccc(S(C)(=O)=O)cc2)CC(C(F)(F)F)N=N1. The normalized spacial score (nSPS) is 24.1. The first-order chi connectivity index (χ1) is 10.9. The minimum Gasteiger partial charge on any atom is -0.350 e. The Morgan fingerprint density at radius 3 is 2.38 bits per heavy atom. The number of nitrogens with zero attached hydrogens (tertiary/aromatic N) is 2. The summed E-state index contributed by atoms with van der Waals surface area (Å²) in [6.45, 7) is 1.34. The molecule has 132 valence electrons. The lowest BCUT2D eigenvalue weighted by atomic mass is 9.94. The molecular weight excluding hydrogens is 347 g/mol. The molecule has 1 N–H and O–H groups in total. The average Bonchev–Trinajstić information content (AvgIpc) is 2.88. The molecule has 1 aromatic carbocycles. The van der Waals surface area contributed by atoms with E-state index in [0.717, 1.165) is 6.26 Å². The number of amides is 1. The van der Waals surface area contributed by atoms with Gasteiger partial charge in [0.2, 0.25) is 5.91 Å². The monoisotopic (exact) mass is 363 g/mol. The minimum atomic E-state index is -4.52. The smallest absolute Gasteiger partial charge is 0.350 e. The first kappa shape index (κ1) is 18.4. The molecular formula is C14H16F3N3O3S. The molecule has 0 aliphatic carbocycles. The Bertz CT molecular complexity index is 760. The third-order valence-electron chi connectivity index (χ3n) is 3.68. The highest BCUT2D eigenvalue weighted by molar-refractivity contribution is 7.90. The predicted molar refractivity (Wildman–Crippen MR) is 79.1 cm³/mol. The molecule has 0 radical (unpaired) electrons. The van der Waals surface area contributed by atoms with Gasteiger partial charge in [0.1, 0.15) is 0 Å². The van der Waals surface area contributed by atoms with Crippen LogP contribution in [0.3, 0.4) is 0 Å². The molecule has 1 aliphatic rings. The molecule has 10 heteroatoms. The summed E-state index contributed by atoms with van der Waals surface area (Å²) in [5.41, 5.74) is -0.950. The predicted octanol–water partition coefficient (Wildman–Crippen LogP) is 2.25. The van der Waals surface area contributed by atoms with Gasteiger partial charge in [-0.15, -0.1) is 0 Å². The number of hydrogen-bond acceptors (Lipinski definition) is 5. The van der Waals surface area contributed by atoms with E-state index in [9.17, 15) is 26.4 Å². The maximum Gasteiger partial charge on any atom is 0.412 e. The first-order valence-electron chi connectivity index (χ1n) is 6.98. The van der Waals surface area contributed by atoms with Crippen molar-refractivity contribution >= 4 is 15.7 Å². The van der Waals surface area contributed by atoms with E-state index in [0.29, 0.717) is 5.56 Å². The van der Waals surface area contributed by atoms with E-state index in [4.69, 9.17) is 0 Å². The molecule has 0 saturated carbocycles. The molecule has 0 bridgehead atoms. The molecule has 1 amide bonds. The Morgan fingerprint density at radius 1 is 1.33 bits per heavy atom. The highest BCUT2D eigenvalue weighted by Gasteiger charge is 2.51. The van der Waals surface area contributed by atoms with Crippen LogP contribution in [0.4, 0.5) is 13.2 Å². The number of alkyl halides is 3. The van der Waals surface area contributed by atoms with E-state index in [-0.39, 0.29) is 11.4 Å². The van der Waals surface area contributed by atoms with Gasteiger partial charge in [-0.1, -0.05) is 12.1 Å². The van der Waals surface area contributed by atoms with Gasteiger partial charge in [-0.25, -0.2) is 8.42 Å². The number of benzene rings is 1. The summed E-state index contributed by atoms with van der Waals surface area (Å²) in [4.78, 5) is 12.3. The van der Waals surface area contributed by atoms with E-state index < -0.39 is 39.9 Å². The molecule has 0 spiro atoms. The molecule has 1 aliphatic heterocycles. The standard InChI is InChI=1S/C14H16F3N3O3S/c1-13(7-11(19-20-13)14(15,16)17)12(21)18-8-9-3-5-10(6-4-9)24(2,22)23/h3-6,11H,7-8H2,1-2H3,(H,18,21). The van der Waals surface area contributed by atoms with Gasteiger partial charge in [0.15, 0.2) is 21.4 Å². The van der Waals surface area contributed by atoms with Crippen molar-refractivity contribution in [2.75, 3.05) is 6.26 Å². The van der Waals surface area contributed by atoms with Crippen molar-refractivity contribution in [3.05, 3.63) is 29.8 Å². The number of halogens is 3. The summed E-state index contributed by atoms with van der Waals surface area (Å²) in [7, 11) is -3.32. The van der Waals surface area contributed by atoms with Crippen LogP contribution in [0.2, 0.25) is 0 Å². The molecule has 0 fully saturated rings. The largest absolute Gasteiger partial charge is 0.412 e. The van der Waals surface area contributed by atoms with Crippen LogP contribution in [0.15, 0.2) is 39.4 Å². The summed E-state index contributed by atoms with van der Waals surface area (Å²) in [5.74, 6) is -0.662. The average molecular weight is 363 g/mol. The number of nitrogens with one attached hydrogen (secondary N) is 1. The number of rotatable bonds is 4. The molecule has 1 heterocycles. The van der Waals surface area contributed by atoms with Crippen molar-refractivity contribution in [1.29, 1.82) is 0 Å². The Morgan fingerprint density at radius 2 is 1.92 bits per heavy atom. The lowest BCUT2D eigenvalue weighted by Gasteiger charge is -2.20. The van der Waals surface area contributed by atoms with Gasteiger partial charge in [-0.2, -0.15) is 23.4 Å². The van der Waals surface area contributed by atoms with Crippen molar-refractivity contribution in [3.8, 4) is 0 Å². The van der Waals surface area contributed by atoms with Crippen LogP contribution in [-0.2, 0) is 21.2 Å². The van der Waals surface area contributed by atoms with Crippen LogP contribution in [0.25, 0.3) is 0 Å². The molecule has 0 saturated heterocycles. The van der Waals surface area contributed by atoms with E-state index in [2.05, 4.69) is 15.5 Å². The summed E-state index contributed by atoms with van der Waals surface area (Å²) in [5, 5.41) is 9.14. The quantitative estimate of drug-likeness (QED) is 0.890. The second-order valence-electron chi connectivity index (χ2n) is 5.85. The fraction of sp³-hybridized carbons (Fsp3) is 0.500. The molecule has 24 heavy (non-hydrogen) atoms. The van der Waals surface area contributed by atoms with Crippen molar-refractivity contribution < 1.29 is 26.4 Å². The number of azo groups is 1. The van der Waals surface area contributed by atoms with E-state index in [1.165, 1.54) is 31.2 Å². The van der Waals surface area contributed by atoms with Crippen molar-refractivity contribution in [2.45, 2.75) is 42.5 Å². The van der Waals surface area contributed by atoms with Gasteiger partial charge in [0.25, 0.3) is 0 Å². The summed E-state index contributed by atoms with van der Waals surface area (Å²) >= 11 is 0. The zero-order valence-electron chi connectivity index (χ0n) is 13.0. The fourth-order valence-electron chi connectivity index (χ4n) is 2.20. The lowest BCUT2D eigenvalue weighted by molar-refractivity contribution is -0.148. The second kappa shape index (κ2) is 6.15. The second-order valence-corrected chi connectivity index (χ2v) is 7.87. The van der Waals surface area contributed by atoms with Crippen LogP contribution in [0.1, 0.15) is 18.9 Å². The number of sulfone groups is 1. The first-order valence-corrected chi connectivity index (χ1v) is 8.87. The Balaban J connectivity index is 1.98. The van der Waals surface area contributed by atoms with Gasteiger partial charge < -0.3 is 5.32 Å².